The van der Waals surface area contributed by atoms with Gasteiger partial charge in [0.15, 0.2) is 0 Å². The number of nitrogens with one attached hydrogen (secondary N) is 1. The molecule has 2 heterocycles. The van der Waals surface area contributed by atoms with Gasteiger partial charge in [0.05, 0.1) is 0 Å². The van der Waals surface area contributed by atoms with Gasteiger partial charge in [-0.3, -0.25) is 14.5 Å². The Morgan fingerprint density at radius 3 is 2.57 bits per heavy atom. The summed E-state index contributed by atoms with van der Waals surface area (Å²) in [5.74, 6) is 0.257. The van der Waals surface area contributed by atoms with E-state index in [1.165, 1.54) is 12.8 Å². The Morgan fingerprint density at radius 2 is 1.71 bits per heavy atom. The average molecular weight is 384 g/mol. The Labute approximate surface area is 168 Å². The van der Waals surface area contributed by atoms with Crippen molar-refractivity contribution in [3.8, 4) is 0 Å². The van der Waals surface area contributed by atoms with Crippen molar-refractivity contribution < 1.29 is 9.59 Å². The summed E-state index contributed by atoms with van der Waals surface area (Å²) in [5, 5.41) is 3.06. The number of amides is 2. The minimum atomic E-state index is 0.0814. The van der Waals surface area contributed by atoms with Crippen molar-refractivity contribution in [1.29, 1.82) is 0 Å². The minimum Gasteiger partial charge on any atom is -0.356 e. The van der Waals surface area contributed by atoms with Crippen LogP contribution in [-0.2, 0) is 9.59 Å². The molecule has 2 saturated heterocycles. The maximum Gasteiger partial charge on any atom is 0.246 e. The molecule has 2 aliphatic rings. The van der Waals surface area contributed by atoms with Crippen LogP contribution in [0.2, 0.25) is 0 Å². The van der Waals surface area contributed by atoms with Crippen LogP contribution in [-0.4, -0.2) is 60.4 Å². The topological polar surface area (TPSA) is 52.7 Å². The lowest BCUT2D eigenvalue weighted by Gasteiger charge is -2.35. The first kappa shape index (κ1) is 20.6. The Balaban J connectivity index is 1.61. The van der Waals surface area contributed by atoms with E-state index >= 15 is 0 Å². The number of benzene rings is 1. The summed E-state index contributed by atoms with van der Waals surface area (Å²) in [6.07, 6.45) is 10.5. The van der Waals surface area contributed by atoms with E-state index < -0.39 is 0 Å². The van der Waals surface area contributed by atoms with Crippen molar-refractivity contribution in [2.75, 3.05) is 32.7 Å². The third-order valence-electron chi connectivity index (χ3n) is 5.75. The van der Waals surface area contributed by atoms with Gasteiger partial charge in [-0.2, -0.15) is 0 Å². The van der Waals surface area contributed by atoms with Gasteiger partial charge in [0.1, 0.15) is 0 Å². The molecule has 1 aromatic rings. The molecular weight excluding hydrogens is 350 g/mol. The fraction of sp³-hybridized carbons (Fsp3) is 0.565. The molecule has 2 amide bonds. The number of rotatable bonds is 2. The van der Waals surface area contributed by atoms with E-state index in [1.54, 1.807) is 6.08 Å². The van der Waals surface area contributed by atoms with Crippen LogP contribution in [0.1, 0.15) is 50.5 Å². The monoisotopic (exact) mass is 383 g/mol. The third-order valence-corrected chi connectivity index (χ3v) is 5.75. The number of carbonyl (C=O) groups is 2. The van der Waals surface area contributed by atoms with Gasteiger partial charge in [-0.25, -0.2) is 0 Å². The van der Waals surface area contributed by atoms with Crippen molar-refractivity contribution in [2.45, 2.75) is 51.0 Å². The van der Waals surface area contributed by atoms with Crippen LogP contribution in [0.4, 0.5) is 0 Å². The maximum absolute atomic E-state index is 12.7. The second-order valence-electron chi connectivity index (χ2n) is 7.87. The second kappa shape index (κ2) is 11.0. The van der Waals surface area contributed by atoms with E-state index in [9.17, 15) is 9.59 Å². The Bertz CT molecular complexity index is 659. The van der Waals surface area contributed by atoms with E-state index in [0.717, 1.165) is 57.4 Å². The fourth-order valence-electron chi connectivity index (χ4n) is 4.16. The predicted octanol–water partition coefficient (Wildman–Crippen LogP) is 3.07. The van der Waals surface area contributed by atoms with Gasteiger partial charge in [-0.1, -0.05) is 36.8 Å². The zero-order valence-corrected chi connectivity index (χ0v) is 16.8. The number of piperidine rings is 1. The molecule has 28 heavy (non-hydrogen) atoms. The lowest BCUT2D eigenvalue weighted by molar-refractivity contribution is -0.126. The molecular formula is C23H33N3O2. The molecule has 5 nitrogen and oxygen atoms in total. The van der Waals surface area contributed by atoms with Gasteiger partial charge in [0.25, 0.3) is 0 Å². The van der Waals surface area contributed by atoms with Gasteiger partial charge in [-0.05, 0) is 50.3 Å². The summed E-state index contributed by atoms with van der Waals surface area (Å²) in [6, 6.07) is 10.3. The lowest BCUT2D eigenvalue weighted by Crippen LogP contribution is -2.43. The standard InChI is InChI=1S/C23H33N3O2/c27-22-19-21-11-4-6-15-25(21)17-8-18-26(16-7-5-14-24-22)23(28)13-12-20-9-2-1-3-10-20/h1-3,9-10,12-13,21H,4-8,11,14-19H2,(H,24,27)/b13-12+. The van der Waals surface area contributed by atoms with Crippen LogP contribution in [0, 0.1) is 0 Å². The summed E-state index contributed by atoms with van der Waals surface area (Å²) in [7, 11) is 0. The van der Waals surface area contributed by atoms with Crippen molar-refractivity contribution in [2.24, 2.45) is 0 Å². The summed E-state index contributed by atoms with van der Waals surface area (Å²) in [5.41, 5.74) is 1.04. The molecule has 0 bridgehead atoms. The van der Waals surface area contributed by atoms with Crippen LogP contribution < -0.4 is 5.32 Å². The van der Waals surface area contributed by atoms with Crippen molar-refractivity contribution >= 4 is 17.9 Å². The quantitative estimate of drug-likeness (QED) is 0.799. The van der Waals surface area contributed by atoms with Crippen LogP contribution in [0.15, 0.2) is 36.4 Å². The molecule has 152 valence electrons. The second-order valence-corrected chi connectivity index (χ2v) is 7.87. The third kappa shape index (κ3) is 6.48. The molecule has 0 radical (unpaired) electrons. The normalized spacial score (nSPS) is 23.2. The number of hydrogen-bond acceptors (Lipinski definition) is 3. The van der Waals surface area contributed by atoms with E-state index in [-0.39, 0.29) is 11.8 Å². The highest BCUT2D eigenvalue weighted by molar-refractivity contribution is 5.91. The van der Waals surface area contributed by atoms with E-state index in [2.05, 4.69) is 10.2 Å². The Hall–Kier alpha value is -2.14. The van der Waals surface area contributed by atoms with Gasteiger partial charge in [0.2, 0.25) is 11.8 Å². The van der Waals surface area contributed by atoms with Crippen LogP contribution in [0.25, 0.3) is 6.08 Å². The highest BCUT2D eigenvalue weighted by Gasteiger charge is 2.24. The number of carbonyl (C=O) groups excluding carboxylic acids is 2. The smallest absolute Gasteiger partial charge is 0.246 e. The van der Waals surface area contributed by atoms with Gasteiger partial charge in [0, 0.05) is 44.7 Å². The van der Waals surface area contributed by atoms with Crippen LogP contribution in [0.5, 0.6) is 0 Å². The molecule has 1 aromatic carbocycles. The summed E-state index contributed by atoms with van der Waals surface area (Å²) >= 11 is 0. The highest BCUT2D eigenvalue weighted by Crippen LogP contribution is 2.20. The van der Waals surface area contributed by atoms with Crippen LogP contribution >= 0.6 is 0 Å². The first-order valence-electron chi connectivity index (χ1n) is 10.7. The molecule has 0 spiro atoms. The molecule has 0 saturated carbocycles. The van der Waals surface area contributed by atoms with Gasteiger partial charge < -0.3 is 10.2 Å². The molecule has 1 unspecified atom stereocenters. The first-order chi connectivity index (χ1) is 13.7. The number of nitrogens with zero attached hydrogens (tertiary/aromatic N) is 2. The van der Waals surface area contributed by atoms with Crippen molar-refractivity contribution in [1.82, 2.24) is 15.1 Å². The largest absolute Gasteiger partial charge is 0.356 e. The van der Waals surface area contributed by atoms with Gasteiger partial charge >= 0.3 is 0 Å². The summed E-state index contributed by atoms with van der Waals surface area (Å²) < 4.78 is 0. The Kier molecular flexibility index (Phi) is 8.09. The van der Waals surface area contributed by atoms with E-state index in [1.807, 2.05) is 41.3 Å². The maximum atomic E-state index is 12.7. The Morgan fingerprint density at radius 1 is 0.964 bits per heavy atom. The highest BCUT2D eigenvalue weighted by atomic mass is 16.2. The van der Waals surface area contributed by atoms with E-state index in [4.69, 9.17) is 0 Å². The SMILES string of the molecule is O=C1CC2CCCCN2CCCN(C(=O)/C=C/c2ccccc2)CCCCN1. The zero-order valence-electron chi connectivity index (χ0n) is 16.8. The number of fused-ring (bicyclic) bond motifs is 1. The van der Waals surface area contributed by atoms with Crippen molar-refractivity contribution in [3.05, 3.63) is 42.0 Å². The fourth-order valence-corrected chi connectivity index (χ4v) is 4.16. The molecule has 5 heteroatoms. The van der Waals surface area contributed by atoms with Crippen LogP contribution in [0.3, 0.4) is 0 Å². The number of hydrogen-bond donors (Lipinski definition) is 1. The average Bonchev–Trinajstić information content (AvgIpc) is 2.73. The molecule has 2 fully saturated rings. The molecule has 1 N–H and O–H groups in total. The first-order valence-corrected chi connectivity index (χ1v) is 10.7. The molecule has 3 rings (SSSR count). The van der Waals surface area contributed by atoms with E-state index in [0.29, 0.717) is 19.0 Å². The molecule has 1 atom stereocenters. The molecule has 0 aromatic heterocycles. The summed E-state index contributed by atoms with van der Waals surface area (Å²) in [4.78, 5) is 29.4. The van der Waals surface area contributed by atoms with Crippen molar-refractivity contribution in [3.63, 3.8) is 0 Å². The summed E-state index contributed by atoms with van der Waals surface area (Å²) in [6.45, 7) is 4.26. The molecule has 0 aliphatic carbocycles. The molecule has 2 aliphatic heterocycles. The van der Waals surface area contributed by atoms with Gasteiger partial charge in [-0.15, -0.1) is 0 Å². The minimum absolute atomic E-state index is 0.0814. The lowest BCUT2D eigenvalue weighted by atomic mass is 9.98. The zero-order chi connectivity index (χ0) is 19.6. The predicted molar refractivity (Wildman–Crippen MR) is 113 cm³/mol.